The standard InChI is InChI=1S/C23H20F2IN3O3/c24-14-5-1-12(2-6-14)20-16(9-10-18(31)28-22-17(30)11-27-23(22)32)19(26)21(29-20)13-3-7-15(25)8-4-13/h1-8,17,22,29-30H,9-11H2,(H,27,32)(H,28,31)/t17-,22+/m1/s1. The Hall–Kier alpha value is -2.79. The lowest BCUT2D eigenvalue weighted by molar-refractivity contribution is -0.128. The van der Waals surface area contributed by atoms with Crippen molar-refractivity contribution in [2.45, 2.75) is 25.0 Å². The van der Waals surface area contributed by atoms with Gasteiger partial charge in [-0.1, -0.05) is 0 Å². The van der Waals surface area contributed by atoms with Gasteiger partial charge in [-0.2, -0.15) is 0 Å². The Morgan fingerprint density at radius 3 is 2.12 bits per heavy atom. The summed E-state index contributed by atoms with van der Waals surface area (Å²) in [7, 11) is 0. The second-order valence-corrected chi connectivity index (χ2v) is 8.62. The summed E-state index contributed by atoms with van der Waals surface area (Å²) in [6.07, 6.45) is -0.529. The summed E-state index contributed by atoms with van der Waals surface area (Å²) in [6.45, 7) is 0.106. The lowest BCUT2D eigenvalue weighted by Crippen LogP contribution is -2.45. The molecular formula is C23H20F2IN3O3. The Labute approximate surface area is 196 Å². The highest BCUT2D eigenvalue weighted by Crippen LogP contribution is 2.35. The van der Waals surface area contributed by atoms with Crippen molar-refractivity contribution >= 4 is 34.4 Å². The van der Waals surface area contributed by atoms with E-state index in [-0.39, 0.29) is 30.5 Å². The van der Waals surface area contributed by atoms with Crippen LogP contribution < -0.4 is 10.6 Å². The van der Waals surface area contributed by atoms with Gasteiger partial charge < -0.3 is 20.7 Å². The van der Waals surface area contributed by atoms with Crippen molar-refractivity contribution in [3.05, 3.63) is 69.3 Å². The van der Waals surface area contributed by atoms with Crippen LogP contribution in [-0.2, 0) is 16.0 Å². The van der Waals surface area contributed by atoms with Gasteiger partial charge in [-0.15, -0.1) is 0 Å². The molecule has 2 aromatic carbocycles. The van der Waals surface area contributed by atoms with Crippen molar-refractivity contribution in [3.8, 4) is 22.5 Å². The van der Waals surface area contributed by atoms with E-state index in [1.54, 1.807) is 24.3 Å². The third kappa shape index (κ3) is 4.68. The fraction of sp³-hybridized carbons (Fsp3) is 0.217. The van der Waals surface area contributed by atoms with Crippen molar-refractivity contribution in [2.75, 3.05) is 6.54 Å². The molecule has 0 unspecified atom stereocenters. The fourth-order valence-electron chi connectivity index (χ4n) is 3.68. The Kier molecular flexibility index (Phi) is 6.56. The Morgan fingerprint density at radius 2 is 1.59 bits per heavy atom. The minimum Gasteiger partial charge on any atom is -0.389 e. The van der Waals surface area contributed by atoms with Crippen molar-refractivity contribution in [3.63, 3.8) is 0 Å². The predicted molar refractivity (Wildman–Crippen MR) is 124 cm³/mol. The smallest absolute Gasteiger partial charge is 0.245 e. The maximum atomic E-state index is 13.4. The average molecular weight is 551 g/mol. The maximum absolute atomic E-state index is 13.4. The van der Waals surface area contributed by atoms with E-state index in [0.29, 0.717) is 6.42 Å². The Morgan fingerprint density at radius 1 is 1.03 bits per heavy atom. The maximum Gasteiger partial charge on any atom is 0.245 e. The van der Waals surface area contributed by atoms with Gasteiger partial charge in [0.15, 0.2) is 0 Å². The Bertz CT molecular complexity index is 1150. The zero-order chi connectivity index (χ0) is 22.8. The molecule has 1 saturated heterocycles. The molecule has 32 heavy (non-hydrogen) atoms. The molecule has 6 nitrogen and oxygen atoms in total. The number of nitrogens with one attached hydrogen (secondary N) is 3. The molecule has 9 heteroatoms. The van der Waals surface area contributed by atoms with E-state index >= 15 is 0 Å². The Balaban J connectivity index is 1.62. The highest BCUT2D eigenvalue weighted by molar-refractivity contribution is 14.1. The molecule has 2 amide bonds. The molecule has 4 N–H and O–H groups in total. The summed E-state index contributed by atoms with van der Waals surface area (Å²) < 4.78 is 27.7. The van der Waals surface area contributed by atoms with Crippen LogP contribution in [0.15, 0.2) is 48.5 Å². The number of aromatic nitrogens is 1. The molecule has 0 radical (unpaired) electrons. The second kappa shape index (κ2) is 9.37. The first-order chi connectivity index (χ1) is 15.3. The van der Waals surface area contributed by atoms with Gasteiger partial charge in [-0.25, -0.2) is 8.78 Å². The number of β-amino-alcohol motifs (C(OH)–C–C–N with tert-alkyl or cyclic N) is 1. The molecule has 3 aromatic rings. The van der Waals surface area contributed by atoms with Gasteiger partial charge in [0.1, 0.15) is 23.8 Å². The molecule has 0 aliphatic carbocycles. The van der Waals surface area contributed by atoms with Gasteiger partial charge in [0.2, 0.25) is 11.8 Å². The minimum absolute atomic E-state index is 0.0847. The van der Waals surface area contributed by atoms with Crippen molar-refractivity contribution in [2.24, 2.45) is 0 Å². The van der Waals surface area contributed by atoms with Crippen LogP contribution in [0.3, 0.4) is 0 Å². The number of aromatic amines is 1. The lowest BCUT2D eigenvalue weighted by atomic mass is 10.0. The largest absolute Gasteiger partial charge is 0.389 e. The summed E-state index contributed by atoms with van der Waals surface area (Å²) in [5.74, 6) is -1.48. The number of aliphatic hydroxyl groups is 1. The minimum atomic E-state index is -0.960. The van der Waals surface area contributed by atoms with E-state index in [9.17, 15) is 23.5 Å². The van der Waals surface area contributed by atoms with E-state index in [2.05, 4.69) is 38.2 Å². The molecule has 0 spiro atoms. The number of hydrogen-bond donors (Lipinski definition) is 4. The number of carbonyl (C=O) groups excluding carboxylic acids is 2. The quantitative estimate of drug-likeness (QED) is 0.355. The van der Waals surface area contributed by atoms with Crippen LogP contribution in [-0.4, -0.2) is 40.6 Å². The highest BCUT2D eigenvalue weighted by atomic mass is 127. The van der Waals surface area contributed by atoms with E-state index in [1.165, 1.54) is 24.3 Å². The van der Waals surface area contributed by atoms with E-state index < -0.39 is 18.1 Å². The third-order valence-corrected chi connectivity index (χ3v) is 6.56. The van der Waals surface area contributed by atoms with Crippen LogP contribution in [0.2, 0.25) is 0 Å². The van der Waals surface area contributed by atoms with Crippen molar-refractivity contribution in [1.29, 1.82) is 0 Å². The average Bonchev–Trinajstić information content (AvgIpc) is 3.27. The van der Waals surface area contributed by atoms with E-state index in [4.69, 9.17) is 0 Å². The van der Waals surface area contributed by atoms with Crippen LogP contribution in [0.1, 0.15) is 12.0 Å². The number of carbonyl (C=O) groups is 2. The summed E-state index contributed by atoms with van der Waals surface area (Å²) >= 11 is 2.18. The SMILES string of the molecule is O=C(CCc1c(-c2ccc(F)cc2)[nH]c(-c2ccc(F)cc2)c1I)N[C@@H]1C(=O)NC[C@H]1O. The molecule has 166 valence electrons. The molecule has 1 aliphatic rings. The van der Waals surface area contributed by atoms with Crippen molar-refractivity contribution < 1.29 is 23.5 Å². The highest BCUT2D eigenvalue weighted by Gasteiger charge is 2.34. The molecule has 1 aliphatic heterocycles. The summed E-state index contributed by atoms with van der Waals surface area (Å²) in [5.41, 5.74) is 3.88. The van der Waals surface area contributed by atoms with Crippen LogP contribution in [0.25, 0.3) is 22.5 Å². The number of benzene rings is 2. The van der Waals surface area contributed by atoms with Gasteiger partial charge in [0.25, 0.3) is 0 Å². The van der Waals surface area contributed by atoms with Crippen LogP contribution in [0, 0.1) is 15.2 Å². The van der Waals surface area contributed by atoms with Gasteiger partial charge in [0.05, 0.1) is 11.4 Å². The van der Waals surface area contributed by atoms with Gasteiger partial charge in [-0.05, 0) is 94.2 Å². The second-order valence-electron chi connectivity index (χ2n) is 7.54. The fourth-order valence-corrected chi connectivity index (χ4v) is 4.67. The summed E-state index contributed by atoms with van der Waals surface area (Å²) in [6, 6.07) is 11.1. The van der Waals surface area contributed by atoms with Gasteiger partial charge in [0, 0.05) is 16.5 Å². The van der Waals surface area contributed by atoms with Gasteiger partial charge >= 0.3 is 0 Å². The monoisotopic (exact) mass is 551 g/mol. The first-order valence-electron chi connectivity index (χ1n) is 10.0. The van der Waals surface area contributed by atoms with Crippen molar-refractivity contribution in [1.82, 2.24) is 15.6 Å². The zero-order valence-corrected chi connectivity index (χ0v) is 18.9. The zero-order valence-electron chi connectivity index (χ0n) is 16.8. The molecule has 2 heterocycles. The molecule has 0 saturated carbocycles. The molecular weight excluding hydrogens is 531 g/mol. The number of amides is 2. The first-order valence-corrected chi connectivity index (χ1v) is 11.1. The topological polar surface area (TPSA) is 94.2 Å². The molecule has 0 bridgehead atoms. The molecule has 4 rings (SSSR count). The van der Waals surface area contributed by atoms with E-state index in [0.717, 1.165) is 31.6 Å². The number of halogens is 3. The van der Waals surface area contributed by atoms with Gasteiger partial charge in [-0.3, -0.25) is 9.59 Å². The van der Waals surface area contributed by atoms with Crippen LogP contribution in [0.4, 0.5) is 8.78 Å². The predicted octanol–water partition coefficient (Wildman–Crippen LogP) is 3.14. The molecule has 1 fully saturated rings. The van der Waals surface area contributed by atoms with E-state index in [1.807, 2.05) is 0 Å². The number of rotatable bonds is 6. The number of H-pyrrole nitrogens is 1. The summed E-state index contributed by atoms with van der Waals surface area (Å²) in [5, 5.41) is 14.9. The number of hydrogen-bond acceptors (Lipinski definition) is 3. The molecule has 1 aromatic heterocycles. The summed E-state index contributed by atoms with van der Waals surface area (Å²) in [4.78, 5) is 27.6. The number of aliphatic hydroxyl groups excluding tert-OH is 1. The normalized spacial score (nSPS) is 17.9. The lowest BCUT2D eigenvalue weighted by Gasteiger charge is -2.14. The van der Waals surface area contributed by atoms with Crippen LogP contribution in [0.5, 0.6) is 0 Å². The third-order valence-electron chi connectivity index (χ3n) is 5.37. The van der Waals surface area contributed by atoms with Crippen LogP contribution >= 0.6 is 22.6 Å². The molecule has 2 atom stereocenters. The first kappa shape index (κ1) is 22.4.